The zero-order valence-electron chi connectivity index (χ0n) is 10.9. The third-order valence-electron chi connectivity index (χ3n) is 4.51. The van der Waals surface area contributed by atoms with Crippen LogP contribution in [0.25, 0.3) is 0 Å². The molecule has 4 heteroatoms. The second-order valence-corrected chi connectivity index (χ2v) is 5.86. The van der Waals surface area contributed by atoms with E-state index in [9.17, 15) is 9.18 Å². The number of aromatic carboxylic acids is 1. The summed E-state index contributed by atoms with van der Waals surface area (Å²) in [6.07, 6.45) is 6.29. The van der Waals surface area contributed by atoms with Crippen LogP contribution in [0.2, 0.25) is 0 Å². The highest BCUT2D eigenvalue weighted by Crippen LogP contribution is 2.46. The second-order valence-electron chi connectivity index (χ2n) is 5.86. The quantitative estimate of drug-likeness (QED) is 0.890. The topological polar surface area (TPSA) is 40.5 Å². The highest BCUT2D eigenvalue weighted by atomic mass is 19.1. The number of carbonyl (C=O) groups is 1. The van der Waals surface area contributed by atoms with Crippen molar-refractivity contribution in [3.63, 3.8) is 0 Å². The number of hydrogen-bond acceptors (Lipinski definition) is 2. The summed E-state index contributed by atoms with van der Waals surface area (Å²) in [7, 11) is 0. The normalized spacial score (nSPS) is 21.2. The number of carboxylic acid groups (broad SMARTS) is 1. The maximum absolute atomic E-state index is 13.6. The molecule has 0 bridgehead atoms. The summed E-state index contributed by atoms with van der Waals surface area (Å²) in [6, 6.07) is 4.51. The van der Waals surface area contributed by atoms with Crippen LogP contribution in [0.4, 0.5) is 10.1 Å². The van der Waals surface area contributed by atoms with Gasteiger partial charge >= 0.3 is 5.97 Å². The van der Waals surface area contributed by atoms with E-state index in [1.165, 1.54) is 38.2 Å². The van der Waals surface area contributed by atoms with Gasteiger partial charge < -0.3 is 10.0 Å². The fraction of sp³-hybridized carbons (Fsp3) is 0.533. The maximum Gasteiger partial charge on any atom is 0.340 e. The van der Waals surface area contributed by atoms with Gasteiger partial charge in [0.1, 0.15) is 11.4 Å². The molecule has 1 aliphatic carbocycles. The van der Waals surface area contributed by atoms with Crippen molar-refractivity contribution < 1.29 is 14.3 Å². The van der Waals surface area contributed by atoms with Crippen molar-refractivity contribution in [3.8, 4) is 0 Å². The first-order valence-corrected chi connectivity index (χ1v) is 6.88. The second kappa shape index (κ2) is 4.51. The molecule has 2 fully saturated rings. The van der Waals surface area contributed by atoms with Gasteiger partial charge in [-0.05, 0) is 25.0 Å². The highest BCUT2D eigenvalue weighted by molar-refractivity contribution is 5.95. The lowest BCUT2D eigenvalue weighted by Crippen LogP contribution is -2.57. The standard InChI is InChI=1S/C15H18FNO2/c16-11-5-4-6-12(13(11)14(18)19)17-9-15(10-17)7-2-1-3-8-15/h4-6H,1-3,7-10H2,(H,18,19). The van der Waals surface area contributed by atoms with Gasteiger partial charge in [-0.15, -0.1) is 0 Å². The minimum atomic E-state index is -1.18. The zero-order valence-corrected chi connectivity index (χ0v) is 10.9. The van der Waals surface area contributed by atoms with Crippen LogP contribution in [0.1, 0.15) is 42.5 Å². The van der Waals surface area contributed by atoms with Gasteiger partial charge in [-0.1, -0.05) is 25.3 Å². The Morgan fingerprint density at radius 3 is 2.53 bits per heavy atom. The third kappa shape index (κ3) is 2.09. The van der Waals surface area contributed by atoms with E-state index in [2.05, 4.69) is 0 Å². The smallest absolute Gasteiger partial charge is 0.340 e. The lowest BCUT2D eigenvalue weighted by molar-refractivity contribution is 0.0690. The lowest BCUT2D eigenvalue weighted by atomic mass is 9.68. The van der Waals surface area contributed by atoms with Gasteiger partial charge in [-0.25, -0.2) is 9.18 Å². The predicted molar refractivity (Wildman–Crippen MR) is 71.1 cm³/mol. The van der Waals surface area contributed by atoms with Crippen LogP contribution in [-0.4, -0.2) is 24.2 Å². The van der Waals surface area contributed by atoms with Crippen LogP contribution in [-0.2, 0) is 0 Å². The zero-order chi connectivity index (χ0) is 13.5. The van der Waals surface area contributed by atoms with Crippen molar-refractivity contribution in [1.29, 1.82) is 0 Å². The van der Waals surface area contributed by atoms with Crippen LogP contribution in [0.15, 0.2) is 18.2 Å². The predicted octanol–water partition coefficient (Wildman–Crippen LogP) is 3.29. The Balaban J connectivity index is 1.82. The monoisotopic (exact) mass is 263 g/mol. The molecule has 0 aromatic heterocycles. The van der Waals surface area contributed by atoms with E-state index < -0.39 is 11.8 Å². The number of carboxylic acids is 1. The van der Waals surface area contributed by atoms with Gasteiger partial charge in [-0.3, -0.25) is 0 Å². The molecule has 102 valence electrons. The summed E-state index contributed by atoms with van der Waals surface area (Å²) < 4.78 is 13.6. The molecule has 0 unspecified atom stereocenters. The molecular weight excluding hydrogens is 245 g/mol. The number of nitrogens with zero attached hydrogens (tertiary/aromatic N) is 1. The minimum Gasteiger partial charge on any atom is -0.478 e. The van der Waals surface area contributed by atoms with Crippen molar-refractivity contribution in [3.05, 3.63) is 29.6 Å². The van der Waals surface area contributed by atoms with Crippen molar-refractivity contribution in [2.24, 2.45) is 5.41 Å². The van der Waals surface area contributed by atoms with Crippen LogP contribution < -0.4 is 4.90 Å². The number of halogens is 1. The summed E-state index contributed by atoms with van der Waals surface area (Å²) in [5.74, 6) is -1.83. The SMILES string of the molecule is O=C(O)c1c(F)cccc1N1CC2(CCCCC2)C1. The van der Waals surface area contributed by atoms with E-state index >= 15 is 0 Å². The van der Waals surface area contributed by atoms with Crippen LogP contribution in [0.5, 0.6) is 0 Å². The van der Waals surface area contributed by atoms with E-state index in [1.54, 1.807) is 12.1 Å². The maximum atomic E-state index is 13.6. The van der Waals surface area contributed by atoms with Crippen LogP contribution in [0, 0.1) is 11.2 Å². The molecule has 0 radical (unpaired) electrons. The molecule has 1 aromatic carbocycles. The summed E-state index contributed by atoms with van der Waals surface area (Å²) in [6.45, 7) is 1.74. The Kier molecular flexibility index (Phi) is 2.96. The van der Waals surface area contributed by atoms with Gasteiger partial charge in [0.25, 0.3) is 0 Å². The molecule has 1 aromatic rings. The van der Waals surface area contributed by atoms with Gasteiger partial charge in [-0.2, -0.15) is 0 Å². The number of anilines is 1. The molecule has 1 spiro atoms. The van der Waals surface area contributed by atoms with E-state index in [0.29, 0.717) is 11.1 Å². The molecule has 1 heterocycles. The Morgan fingerprint density at radius 1 is 1.21 bits per heavy atom. The molecule has 0 amide bonds. The van der Waals surface area contributed by atoms with Crippen molar-refractivity contribution in [1.82, 2.24) is 0 Å². The number of rotatable bonds is 2. The first-order chi connectivity index (χ1) is 9.11. The Hall–Kier alpha value is -1.58. The Morgan fingerprint density at radius 2 is 1.89 bits per heavy atom. The molecular formula is C15H18FNO2. The van der Waals surface area contributed by atoms with E-state index in [1.807, 2.05) is 4.90 Å². The van der Waals surface area contributed by atoms with Gasteiger partial charge in [0.15, 0.2) is 0 Å². The average molecular weight is 263 g/mol. The molecule has 3 nitrogen and oxygen atoms in total. The van der Waals surface area contributed by atoms with Crippen LogP contribution in [0.3, 0.4) is 0 Å². The number of benzene rings is 1. The Bertz CT molecular complexity index is 501. The van der Waals surface area contributed by atoms with Crippen LogP contribution >= 0.6 is 0 Å². The van der Waals surface area contributed by atoms with E-state index in [-0.39, 0.29) is 5.56 Å². The highest BCUT2D eigenvalue weighted by Gasteiger charge is 2.44. The molecule has 1 saturated heterocycles. The fourth-order valence-electron chi connectivity index (χ4n) is 3.54. The molecule has 0 atom stereocenters. The van der Waals surface area contributed by atoms with Gasteiger partial charge in [0.2, 0.25) is 0 Å². The first-order valence-electron chi connectivity index (χ1n) is 6.88. The third-order valence-corrected chi connectivity index (χ3v) is 4.51. The summed E-state index contributed by atoms with van der Waals surface area (Å²) >= 11 is 0. The molecule has 1 aliphatic heterocycles. The first kappa shape index (κ1) is 12.5. The van der Waals surface area contributed by atoms with Crippen molar-refractivity contribution in [2.75, 3.05) is 18.0 Å². The molecule has 3 rings (SSSR count). The van der Waals surface area contributed by atoms with Crippen molar-refractivity contribution in [2.45, 2.75) is 32.1 Å². The summed E-state index contributed by atoms with van der Waals surface area (Å²) in [5, 5.41) is 9.15. The lowest BCUT2D eigenvalue weighted by Gasteiger charge is -2.53. The van der Waals surface area contributed by atoms with E-state index in [4.69, 9.17) is 5.11 Å². The molecule has 1 saturated carbocycles. The fourth-order valence-corrected chi connectivity index (χ4v) is 3.54. The molecule has 19 heavy (non-hydrogen) atoms. The van der Waals surface area contributed by atoms with Gasteiger partial charge in [0.05, 0.1) is 5.69 Å². The average Bonchev–Trinajstić information content (AvgIpc) is 2.36. The summed E-state index contributed by atoms with van der Waals surface area (Å²) in [5.41, 5.74) is 0.706. The largest absolute Gasteiger partial charge is 0.478 e. The summed E-state index contributed by atoms with van der Waals surface area (Å²) in [4.78, 5) is 13.2. The number of hydrogen-bond donors (Lipinski definition) is 1. The molecule has 2 aliphatic rings. The van der Waals surface area contributed by atoms with E-state index in [0.717, 1.165) is 13.1 Å². The van der Waals surface area contributed by atoms with Crippen molar-refractivity contribution >= 4 is 11.7 Å². The Labute approximate surface area is 112 Å². The molecule has 1 N–H and O–H groups in total. The minimum absolute atomic E-state index is 0.187. The van der Waals surface area contributed by atoms with Gasteiger partial charge in [0, 0.05) is 18.5 Å².